The fraction of sp³-hybridized carbons (Fsp3) is 0.412. The molecule has 23 heavy (non-hydrogen) atoms. The summed E-state index contributed by atoms with van der Waals surface area (Å²) in [6.45, 7) is 1.20. The highest BCUT2D eigenvalue weighted by Crippen LogP contribution is 2.33. The Labute approximate surface area is 138 Å². The summed E-state index contributed by atoms with van der Waals surface area (Å²) in [4.78, 5) is 19.7. The Morgan fingerprint density at radius 3 is 3.04 bits per heavy atom. The third-order valence-corrected chi connectivity index (χ3v) is 5.30. The van der Waals surface area contributed by atoms with E-state index in [0.29, 0.717) is 19.0 Å². The number of pyridine rings is 1. The van der Waals surface area contributed by atoms with Crippen molar-refractivity contribution in [1.29, 1.82) is 0 Å². The average Bonchev–Trinajstić information content (AvgIpc) is 3.25. The molecule has 3 heterocycles. The molecule has 0 unspecified atom stereocenters. The number of carbonyl (C=O) groups is 1. The van der Waals surface area contributed by atoms with Crippen molar-refractivity contribution < 1.29 is 14.3 Å². The summed E-state index contributed by atoms with van der Waals surface area (Å²) in [7, 11) is 0. The SMILES string of the molecule is O=C(c1cccs1)N1CCO[C@H]2[C@@H](Oc3ccccn3)CC[C@@H]21. The standard InChI is InChI=1S/C17H18N2O3S/c20-17(14-4-3-11-23-14)19-9-10-21-16-12(19)6-7-13(16)22-15-5-1-2-8-18-15/h1-5,8,11-13,16H,6-7,9-10H2/t12-,13-,16+/m0/s1. The number of amides is 1. The number of thiophene rings is 1. The Kier molecular flexibility index (Phi) is 4.01. The Bertz CT molecular complexity index is 662. The van der Waals surface area contributed by atoms with Crippen molar-refractivity contribution in [3.63, 3.8) is 0 Å². The lowest BCUT2D eigenvalue weighted by atomic mass is 10.1. The van der Waals surface area contributed by atoms with E-state index in [1.165, 1.54) is 11.3 Å². The second-order valence-corrected chi connectivity index (χ2v) is 6.73. The fourth-order valence-electron chi connectivity index (χ4n) is 3.41. The van der Waals surface area contributed by atoms with Crippen LogP contribution in [0.25, 0.3) is 0 Å². The van der Waals surface area contributed by atoms with Gasteiger partial charge in [0.15, 0.2) is 0 Å². The molecule has 1 saturated carbocycles. The quantitative estimate of drug-likeness (QED) is 0.868. The predicted molar refractivity (Wildman–Crippen MR) is 86.8 cm³/mol. The molecule has 2 aromatic rings. The molecule has 0 N–H and O–H groups in total. The van der Waals surface area contributed by atoms with Crippen LogP contribution in [0.4, 0.5) is 0 Å². The molecule has 0 bridgehead atoms. The zero-order chi connectivity index (χ0) is 15.6. The van der Waals surface area contributed by atoms with Gasteiger partial charge in [-0.3, -0.25) is 4.79 Å². The number of morpholine rings is 1. The largest absolute Gasteiger partial charge is 0.471 e. The number of carbonyl (C=O) groups excluding carboxylic acids is 1. The highest BCUT2D eigenvalue weighted by Gasteiger charge is 2.46. The Morgan fingerprint density at radius 2 is 2.26 bits per heavy atom. The first-order valence-corrected chi connectivity index (χ1v) is 8.74. The van der Waals surface area contributed by atoms with Crippen LogP contribution < -0.4 is 4.74 Å². The van der Waals surface area contributed by atoms with Crippen molar-refractivity contribution in [2.24, 2.45) is 0 Å². The monoisotopic (exact) mass is 330 g/mol. The Balaban J connectivity index is 1.49. The second kappa shape index (κ2) is 6.29. The minimum Gasteiger partial charge on any atom is -0.471 e. The molecule has 6 heteroatoms. The van der Waals surface area contributed by atoms with Crippen LogP contribution in [0, 0.1) is 0 Å². The number of nitrogens with zero attached hydrogens (tertiary/aromatic N) is 2. The Morgan fingerprint density at radius 1 is 1.30 bits per heavy atom. The molecule has 2 aromatic heterocycles. The number of rotatable bonds is 3. The van der Waals surface area contributed by atoms with Gasteiger partial charge < -0.3 is 14.4 Å². The number of fused-ring (bicyclic) bond motifs is 1. The number of hydrogen-bond donors (Lipinski definition) is 0. The lowest BCUT2D eigenvalue weighted by Crippen LogP contribution is -2.54. The lowest BCUT2D eigenvalue weighted by molar-refractivity contribution is -0.0792. The molecule has 2 fully saturated rings. The van der Waals surface area contributed by atoms with Gasteiger partial charge in [-0.1, -0.05) is 12.1 Å². The zero-order valence-electron chi connectivity index (χ0n) is 12.6. The topological polar surface area (TPSA) is 51.7 Å². The van der Waals surface area contributed by atoms with E-state index >= 15 is 0 Å². The normalized spacial score (nSPS) is 26.8. The summed E-state index contributed by atoms with van der Waals surface area (Å²) in [5.41, 5.74) is 0. The maximum Gasteiger partial charge on any atom is 0.264 e. The van der Waals surface area contributed by atoms with Crippen LogP contribution in [0.5, 0.6) is 5.88 Å². The number of aromatic nitrogens is 1. The van der Waals surface area contributed by atoms with Crippen molar-refractivity contribution in [3.05, 3.63) is 46.8 Å². The van der Waals surface area contributed by atoms with Crippen LogP contribution in [0.1, 0.15) is 22.5 Å². The summed E-state index contributed by atoms with van der Waals surface area (Å²) in [6, 6.07) is 9.51. The highest BCUT2D eigenvalue weighted by atomic mass is 32.1. The smallest absolute Gasteiger partial charge is 0.264 e. The van der Waals surface area contributed by atoms with Crippen LogP contribution in [0.2, 0.25) is 0 Å². The first-order chi connectivity index (χ1) is 11.3. The van der Waals surface area contributed by atoms with Gasteiger partial charge in [-0.15, -0.1) is 11.3 Å². The van der Waals surface area contributed by atoms with Gasteiger partial charge in [-0.25, -0.2) is 4.98 Å². The van der Waals surface area contributed by atoms with Crippen LogP contribution in [0.15, 0.2) is 41.9 Å². The summed E-state index contributed by atoms with van der Waals surface area (Å²) in [5.74, 6) is 0.722. The number of hydrogen-bond acceptors (Lipinski definition) is 5. The maximum absolute atomic E-state index is 12.7. The van der Waals surface area contributed by atoms with E-state index in [9.17, 15) is 4.79 Å². The van der Waals surface area contributed by atoms with E-state index in [1.807, 2.05) is 40.6 Å². The minimum atomic E-state index is -0.0744. The van der Waals surface area contributed by atoms with Crippen molar-refractivity contribution in [1.82, 2.24) is 9.88 Å². The predicted octanol–water partition coefficient (Wildman–Crippen LogP) is 2.59. The van der Waals surface area contributed by atoms with Crippen molar-refractivity contribution in [2.75, 3.05) is 13.2 Å². The molecule has 1 aliphatic heterocycles. The van der Waals surface area contributed by atoms with Gasteiger partial charge in [0.1, 0.15) is 12.2 Å². The summed E-state index contributed by atoms with van der Waals surface area (Å²) < 4.78 is 11.9. The molecule has 5 nitrogen and oxygen atoms in total. The second-order valence-electron chi connectivity index (χ2n) is 5.78. The minimum absolute atomic E-state index is 0.0474. The molecule has 1 amide bonds. The number of ether oxygens (including phenoxy) is 2. The molecule has 3 atom stereocenters. The molecule has 120 valence electrons. The van der Waals surface area contributed by atoms with Gasteiger partial charge in [0.25, 0.3) is 5.91 Å². The van der Waals surface area contributed by atoms with Crippen LogP contribution in [0.3, 0.4) is 0 Å². The van der Waals surface area contributed by atoms with Crippen LogP contribution >= 0.6 is 11.3 Å². The van der Waals surface area contributed by atoms with Gasteiger partial charge in [0.05, 0.1) is 17.5 Å². The van der Waals surface area contributed by atoms with E-state index in [4.69, 9.17) is 9.47 Å². The molecular formula is C17H18N2O3S. The van der Waals surface area contributed by atoms with Gasteiger partial charge in [0.2, 0.25) is 5.88 Å². The summed E-state index contributed by atoms with van der Waals surface area (Å²) in [5, 5.41) is 1.94. The van der Waals surface area contributed by atoms with E-state index in [0.717, 1.165) is 17.7 Å². The third-order valence-electron chi connectivity index (χ3n) is 4.44. The molecular weight excluding hydrogens is 312 g/mol. The van der Waals surface area contributed by atoms with Gasteiger partial charge >= 0.3 is 0 Å². The van der Waals surface area contributed by atoms with Gasteiger partial charge in [-0.05, 0) is 30.4 Å². The first-order valence-electron chi connectivity index (χ1n) is 7.87. The first kappa shape index (κ1) is 14.7. The lowest BCUT2D eigenvalue weighted by Gasteiger charge is -2.38. The van der Waals surface area contributed by atoms with Crippen LogP contribution in [-0.2, 0) is 4.74 Å². The summed E-state index contributed by atoms with van der Waals surface area (Å²) in [6.07, 6.45) is 3.37. The molecule has 0 spiro atoms. The van der Waals surface area contributed by atoms with Crippen molar-refractivity contribution in [3.8, 4) is 5.88 Å². The van der Waals surface area contributed by atoms with Gasteiger partial charge in [-0.2, -0.15) is 0 Å². The fourth-order valence-corrected chi connectivity index (χ4v) is 4.09. The van der Waals surface area contributed by atoms with E-state index < -0.39 is 0 Å². The molecule has 1 aliphatic carbocycles. The van der Waals surface area contributed by atoms with E-state index in [-0.39, 0.29) is 24.2 Å². The zero-order valence-corrected chi connectivity index (χ0v) is 13.4. The third kappa shape index (κ3) is 2.84. The molecule has 1 saturated heterocycles. The van der Waals surface area contributed by atoms with E-state index in [2.05, 4.69) is 4.98 Å². The van der Waals surface area contributed by atoms with Crippen LogP contribution in [-0.4, -0.2) is 47.2 Å². The molecule has 4 rings (SSSR count). The van der Waals surface area contributed by atoms with Crippen molar-refractivity contribution in [2.45, 2.75) is 31.1 Å². The summed E-state index contributed by atoms with van der Waals surface area (Å²) >= 11 is 1.49. The maximum atomic E-state index is 12.7. The average molecular weight is 330 g/mol. The molecule has 0 radical (unpaired) electrons. The van der Waals surface area contributed by atoms with Crippen molar-refractivity contribution >= 4 is 17.2 Å². The Hall–Kier alpha value is -1.92. The van der Waals surface area contributed by atoms with E-state index in [1.54, 1.807) is 6.20 Å². The van der Waals surface area contributed by atoms with Gasteiger partial charge in [0, 0.05) is 18.8 Å². The molecule has 0 aromatic carbocycles. The highest BCUT2D eigenvalue weighted by molar-refractivity contribution is 7.12. The molecule has 2 aliphatic rings.